The fraction of sp³-hybridized carbons (Fsp3) is 0.667. The summed E-state index contributed by atoms with van der Waals surface area (Å²) in [5.41, 5.74) is 0.762. The van der Waals surface area contributed by atoms with E-state index in [1.165, 1.54) is 0 Å². The first-order valence-electron chi connectivity index (χ1n) is 4.97. The fourth-order valence-electron chi connectivity index (χ4n) is 1.03. The Bertz CT molecular complexity index is 336. The first-order valence-corrected chi connectivity index (χ1v) is 8.40. The van der Waals surface area contributed by atoms with Crippen LogP contribution >= 0.6 is 0 Å². The molecule has 14 heavy (non-hydrogen) atoms. The summed E-state index contributed by atoms with van der Waals surface area (Å²) in [6, 6.07) is 0. The first kappa shape index (κ1) is 12.6. The molecule has 0 N–H and O–H groups in total. The Labute approximate surface area is 99.2 Å². The molecule has 0 bridgehead atoms. The summed E-state index contributed by atoms with van der Waals surface area (Å²) >= 11 is 1.39. The molecule has 0 aliphatic carbocycles. The van der Waals surface area contributed by atoms with Gasteiger partial charge < -0.3 is 0 Å². The molecule has 0 nitrogen and oxygen atoms in total. The average molecular weight is 322 g/mol. The zero-order valence-electron chi connectivity index (χ0n) is 9.97. The maximum atomic E-state index is 2.48. The molecule has 80 valence electrons. The van der Waals surface area contributed by atoms with Crippen LogP contribution in [-0.4, -0.2) is 29.0 Å². The third kappa shape index (κ3) is 4.84. The minimum atomic E-state index is 0.381. The van der Waals surface area contributed by atoms with E-state index >= 15 is 0 Å². The second kappa shape index (κ2) is 4.18. The normalized spacial score (nSPS) is 13.0. The van der Waals surface area contributed by atoms with Crippen LogP contribution in [0.2, 0.25) is 0 Å². The Morgan fingerprint density at radius 2 is 1.00 bits per heavy atom. The van der Waals surface area contributed by atoms with Crippen molar-refractivity contribution < 1.29 is 0 Å². The van der Waals surface area contributed by atoms with Crippen molar-refractivity contribution in [3.8, 4) is 0 Å². The predicted octanol–water partition coefficient (Wildman–Crippen LogP) is 1.45. The van der Waals surface area contributed by atoms with Crippen molar-refractivity contribution >= 4 is 41.2 Å². The number of rotatable bonds is 0. The summed E-state index contributed by atoms with van der Waals surface area (Å²) in [6.07, 6.45) is 4.96. The van der Waals surface area contributed by atoms with Crippen molar-refractivity contribution in [2.45, 2.75) is 41.5 Å². The van der Waals surface area contributed by atoms with E-state index in [0.29, 0.717) is 39.8 Å². The molecule has 0 amide bonds. The molecular weight excluding hydrogens is 302 g/mol. The van der Waals surface area contributed by atoms with Gasteiger partial charge in [0, 0.05) is 0 Å². The van der Waals surface area contributed by atoms with Crippen LogP contribution in [0.5, 0.6) is 0 Å². The van der Waals surface area contributed by atoms with Gasteiger partial charge in [0.15, 0.2) is 0 Å². The molecule has 1 heterocycles. The van der Waals surface area contributed by atoms with Crippen molar-refractivity contribution in [3.63, 3.8) is 0 Å². The van der Waals surface area contributed by atoms with Crippen LogP contribution in [0.15, 0.2) is 0 Å². The fourth-order valence-corrected chi connectivity index (χ4v) is 8.36. The molecule has 1 aromatic heterocycles. The third-order valence-electron chi connectivity index (χ3n) is 1.50. The quantitative estimate of drug-likeness (QED) is 0.635. The zero-order valence-corrected chi connectivity index (χ0v) is 13.4. The molecule has 1 aromatic rings. The van der Waals surface area contributed by atoms with Crippen LogP contribution in [0.3, 0.4) is 0 Å². The van der Waals surface area contributed by atoms with Gasteiger partial charge in [0.05, 0.1) is 0 Å². The Hall–Kier alpha value is 0.519. The molecule has 0 saturated carbocycles. The molecule has 0 aliphatic heterocycles. The number of hydrogen-bond donors (Lipinski definition) is 0. The zero-order chi connectivity index (χ0) is 11.0. The molecule has 0 spiro atoms. The standard InChI is InChI=1S/C12H20Se2/c1-11(2,3)7-9-13-10(14-9)8-12(4,5)6/h7-8H,1-6H3. The van der Waals surface area contributed by atoms with E-state index in [0.717, 1.165) is 0 Å². The van der Waals surface area contributed by atoms with Crippen LogP contribution in [0.4, 0.5) is 0 Å². The van der Waals surface area contributed by atoms with E-state index in [1.54, 1.807) is 5.93 Å². The van der Waals surface area contributed by atoms with Gasteiger partial charge in [0.2, 0.25) is 0 Å². The van der Waals surface area contributed by atoms with Crippen molar-refractivity contribution in [2.75, 3.05) is 0 Å². The Morgan fingerprint density at radius 1 is 0.714 bits per heavy atom. The van der Waals surface area contributed by atoms with Gasteiger partial charge in [0.25, 0.3) is 0 Å². The van der Waals surface area contributed by atoms with Gasteiger partial charge >= 0.3 is 99.5 Å². The topological polar surface area (TPSA) is 0 Å². The van der Waals surface area contributed by atoms with Crippen molar-refractivity contribution in [2.24, 2.45) is 10.8 Å². The summed E-state index contributed by atoms with van der Waals surface area (Å²) in [5.74, 6) is 0. The molecule has 0 radical (unpaired) electrons. The SMILES string of the molecule is CC(C)(C)C=c1[se]c(=CC(C)(C)C)[se]1. The predicted molar refractivity (Wildman–Crippen MR) is 67.4 cm³/mol. The van der Waals surface area contributed by atoms with Crippen molar-refractivity contribution in [3.05, 3.63) is 5.93 Å². The van der Waals surface area contributed by atoms with Crippen LogP contribution < -0.4 is 5.93 Å². The summed E-state index contributed by atoms with van der Waals surface area (Å²) in [5, 5.41) is 0. The Balaban J connectivity index is 2.89. The Kier molecular flexibility index (Phi) is 3.76. The van der Waals surface area contributed by atoms with Gasteiger partial charge in [-0.15, -0.1) is 0 Å². The van der Waals surface area contributed by atoms with Crippen LogP contribution in [0.25, 0.3) is 12.2 Å². The summed E-state index contributed by atoms with van der Waals surface area (Å²) in [4.78, 5) is 0. The molecule has 0 fully saturated rings. The average Bonchev–Trinajstić information content (AvgIpc) is 1.75. The molecule has 0 unspecified atom stereocenters. The van der Waals surface area contributed by atoms with E-state index in [2.05, 4.69) is 53.7 Å². The second-order valence-electron chi connectivity index (χ2n) is 5.86. The summed E-state index contributed by atoms with van der Waals surface area (Å²) in [7, 11) is 0. The summed E-state index contributed by atoms with van der Waals surface area (Å²) < 4.78 is 3.49. The molecule has 0 atom stereocenters. The van der Waals surface area contributed by atoms with Gasteiger partial charge in [-0.2, -0.15) is 0 Å². The van der Waals surface area contributed by atoms with E-state index in [4.69, 9.17) is 0 Å². The van der Waals surface area contributed by atoms with Gasteiger partial charge in [-0.25, -0.2) is 0 Å². The molecule has 0 saturated heterocycles. The van der Waals surface area contributed by atoms with E-state index in [9.17, 15) is 0 Å². The Morgan fingerprint density at radius 3 is 1.21 bits per heavy atom. The van der Waals surface area contributed by atoms with Gasteiger partial charge in [-0.1, -0.05) is 0 Å². The monoisotopic (exact) mass is 324 g/mol. The van der Waals surface area contributed by atoms with Crippen LogP contribution in [-0.2, 0) is 0 Å². The van der Waals surface area contributed by atoms with E-state index in [-0.39, 0.29) is 0 Å². The van der Waals surface area contributed by atoms with Crippen LogP contribution in [0.1, 0.15) is 41.5 Å². The van der Waals surface area contributed by atoms with E-state index in [1.807, 2.05) is 0 Å². The van der Waals surface area contributed by atoms with E-state index < -0.39 is 0 Å². The molecular formula is C12H20Se2. The first-order chi connectivity index (χ1) is 6.16. The van der Waals surface area contributed by atoms with Crippen molar-refractivity contribution in [1.29, 1.82) is 0 Å². The maximum absolute atomic E-state index is 2.48. The molecule has 0 aromatic carbocycles. The minimum absolute atomic E-state index is 0.381. The third-order valence-corrected chi connectivity index (χ3v) is 7.82. The van der Waals surface area contributed by atoms with Crippen molar-refractivity contribution in [1.82, 2.24) is 0 Å². The summed E-state index contributed by atoms with van der Waals surface area (Å²) in [6.45, 7) is 13.7. The molecule has 0 aliphatic rings. The van der Waals surface area contributed by atoms with Crippen LogP contribution in [0, 0.1) is 10.8 Å². The molecule has 2 heteroatoms. The van der Waals surface area contributed by atoms with Gasteiger partial charge in [-0.05, 0) is 0 Å². The molecule has 1 rings (SSSR count). The number of hydrogen-bond acceptors (Lipinski definition) is 0. The van der Waals surface area contributed by atoms with Gasteiger partial charge in [0.1, 0.15) is 0 Å². The van der Waals surface area contributed by atoms with Gasteiger partial charge in [-0.3, -0.25) is 0 Å². The second-order valence-corrected chi connectivity index (χ2v) is 13.0.